The largest absolute Gasteiger partial charge is 0.396 e. The van der Waals surface area contributed by atoms with Gasteiger partial charge in [-0.3, -0.25) is 9.48 Å². The van der Waals surface area contributed by atoms with Crippen LogP contribution in [0.1, 0.15) is 31.0 Å². The van der Waals surface area contributed by atoms with Crippen molar-refractivity contribution < 1.29 is 9.90 Å². The van der Waals surface area contributed by atoms with Crippen LogP contribution in [-0.2, 0) is 11.8 Å². The minimum Gasteiger partial charge on any atom is -0.396 e. The molecule has 0 aliphatic carbocycles. The third kappa shape index (κ3) is 4.65. The fourth-order valence-electron chi connectivity index (χ4n) is 1.93. The van der Waals surface area contributed by atoms with Gasteiger partial charge in [0.05, 0.1) is 5.69 Å². The molecular formula is C14H22ClN3O2. The normalized spacial score (nSPS) is 12.8. The van der Waals surface area contributed by atoms with E-state index in [9.17, 15) is 4.79 Å². The highest BCUT2D eigenvalue weighted by atomic mass is 35.5. The van der Waals surface area contributed by atoms with Crippen molar-refractivity contribution in [2.24, 2.45) is 13.0 Å². The Morgan fingerprint density at radius 2 is 2.30 bits per heavy atom. The smallest absolute Gasteiger partial charge is 0.244 e. The van der Waals surface area contributed by atoms with Crippen LogP contribution in [0.15, 0.2) is 6.08 Å². The van der Waals surface area contributed by atoms with Crippen LogP contribution < -0.4 is 5.32 Å². The highest BCUT2D eigenvalue weighted by Gasteiger charge is 2.09. The summed E-state index contributed by atoms with van der Waals surface area (Å²) in [5, 5.41) is 16.4. The van der Waals surface area contributed by atoms with E-state index < -0.39 is 0 Å². The number of amides is 1. The van der Waals surface area contributed by atoms with Crippen molar-refractivity contribution in [3.8, 4) is 0 Å². The molecule has 0 saturated heterocycles. The van der Waals surface area contributed by atoms with E-state index in [1.54, 1.807) is 17.8 Å². The number of aryl methyl sites for hydroxylation is 2. The Bertz CT molecular complexity index is 483. The number of aliphatic hydroxyl groups excluding tert-OH is 1. The third-order valence-corrected chi connectivity index (χ3v) is 3.73. The summed E-state index contributed by atoms with van der Waals surface area (Å²) in [7, 11) is 1.76. The molecule has 2 N–H and O–H groups in total. The molecular weight excluding hydrogens is 278 g/mol. The maximum absolute atomic E-state index is 11.7. The third-order valence-electron chi connectivity index (χ3n) is 3.28. The summed E-state index contributed by atoms with van der Waals surface area (Å²) in [6.45, 7) is 4.60. The number of aromatic nitrogens is 2. The summed E-state index contributed by atoms with van der Waals surface area (Å²) in [6, 6.07) is 0. The van der Waals surface area contributed by atoms with Crippen molar-refractivity contribution in [1.29, 1.82) is 0 Å². The molecule has 20 heavy (non-hydrogen) atoms. The molecule has 6 heteroatoms. The molecule has 0 bridgehead atoms. The van der Waals surface area contributed by atoms with Crippen molar-refractivity contribution in [2.45, 2.75) is 26.7 Å². The molecule has 112 valence electrons. The zero-order valence-corrected chi connectivity index (χ0v) is 12.9. The lowest BCUT2D eigenvalue weighted by atomic mass is 10.0. The number of nitrogens with one attached hydrogen (secondary N) is 1. The predicted molar refractivity (Wildman–Crippen MR) is 80.5 cm³/mol. The fourth-order valence-corrected chi connectivity index (χ4v) is 2.17. The van der Waals surface area contributed by atoms with Crippen LogP contribution in [-0.4, -0.2) is 33.9 Å². The Morgan fingerprint density at radius 3 is 2.80 bits per heavy atom. The summed E-state index contributed by atoms with van der Waals surface area (Å²) in [5.74, 6) is 0.141. The van der Waals surface area contributed by atoms with Crippen molar-refractivity contribution in [3.05, 3.63) is 22.5 Å². The molecule has 0 spiro atoms. The van der Waals surface area contributed by atoms with Crippen LogP contribution in [0.3, 0.4) is 0 Å². The molecule has 1 aromatic rings. The Balaban J connectivity index is 2.55. The first-order chi connectivity index (χ1) is 9.49. The van der Waals surface area contributed by atoms with E-state index in [1.807, 2.05) is 13.8 Å². The second-order valence-corrected chi connectivity index (χ2v) is 5.14. The Kier molecular flexibility index (Phi) is 6.75. The standard InChI is InChI=1S/C14H22ClN3O2/c1-4-11(7-8-19)9-16-13(20)6-5-12-10(2)17-18(3)14(12)15/h5-6,11,19H,4,7-9H2,1-3H3,(H,16,20)/b6-5+. The molecule has 1 heterocycles. The number of hydrogen-bond donors (Lipinski definition) is 2. The van der Waals surface area contributed by atoms with E-state index >= 15 is 0 Å². The molecule has 1 aromatic heterocycles. The molecule has 0 saturated carbocycles. The molecule has 0 aliphatic rings. The molecule has 5 nitrogen and oxygen atoms in total. The van der Waals surface area contributed by atoms with Gasteiger partial charge >= 0.3 is 0 Å². The van der Waals surface area contributed by atoms with Gasteiger partial charge in [0.15, 0.2) is 0 Å². The Hall–Kier alpha value is -1.33. The van der Waals surface area contributed by atoms with Gasteiger partial charge in [-0.25, -0.2) is 0 Å². The summed E-state index contributed by atoms with van der Waals surface area (Å²) >= 11 is 6.08. The van der Waals surface area contributed by atoms with E-state index in [2.05, 4.69) is 10.4 Å². The summed E-state index contributed by atoms with van der Waals surface area (Å²) < 4.78 is 1.57. The van der Waals surface area contributed by atoms with Crippen LogP contribution in [0.4, 0.5) is 0 Å². The molecule has 1 amide bonds. The highest BCUT2D eigenvalue weighted by Crippen LogP contribution is 2.19. The van der Waals surface area contributed by atoms with Gasteiger partial charge < -0.3 is 10.4 Å². The van der Waals surface area contributed by atoms with Gasteiger partial charge in [0.2, 0.25) is 5.91 Å². The number of nitrogens with zero attached hydrogens (tertiary/aromatic N) is 2. The summed E-state index contributed by atoms with van der Waals surface area (Å²) in [5.41, 5.74) is 1.54. The Labute approximate surface area is 124 Å². The molecule has 0 aromatic carbocycles. The average Bonchev–Trinajstić information content (AvgIpc) is 2.66. The van der Waals surface area contributed by atoms with Gasteiger partial charge in [-0.15, -0.1) is 0 Å². The van der Waals surface area contributed by atoms with Gasteiger partial charge in [-0.2, -0.15) is 5.10 Å². The monoisotopic (exact) mass is 299 g/mol. The maximum atomic E-state index is 11.7. The summed E-state index contributed by atoms with van der Waals surface area (Å²) in [6.07, 6.45) is 4.76. The first-order valence-corrected chi connectivity index (χ1v) is 7.13. The Morgan fingerprint density at radius 1 is 1.60 bits per heavy atom. The van der Waals surface area contributed by atoms with E-state index in [1.165, 1.54) is 6.08 Å². The van der Waals surface area contributed by atoms with Gasteiger partial charge in [0, 0.05) is 31.8 Å². The quantitative estimate of drug-likeness (QED) is 0.756. The average molecular weight is 300 g/mol. The number of halogens is 1. The van der Waals surface area contributed by atoms with E-state index in [4.69, 9.17) is 16.7 Å². The number of carbonyl (C=O) groups excluding carboxylic acids is 1. The molecule has 1 rings (SSSR count). The minimum absolute atomic E-state index is 0.148. The topological polar surface area (TPSA) is 67.2 Å². The second kappa shape index (κ2) is 8.07. The fraction of sp³-hybridized carbons (Fsp3) is 0.571. The molecule has 0 radical (unpaired) electrons. The lowest BCUT2D eigenvalue weighted by Crippen LogP contribution is -2.28. The van der Waals surface area contributed by atoms with Crippen molar-refractivity contribution in [3.63, 3.8) is 0 Å². The van der Waals surface area contributed by atoms with E-state index in [0.717, 1.165) is 17.7 Å². The molecule has 1 unspecified atom stereocenters. The van der Waals surface area contributed by atoms with E-state index in [0.29, 0.717) is 24.0 Å². The van der Waals surface area contributed by atoms with Gasteiger partial charge in [-0.1, -0.05) is 24.9 Å². The van der Waals surface area contributed by atoms with Crippen molar-refractivity contribution in [2.75, 3.05) is 13.2 Å². The zero-order chi connectivity index (χ0) is 15.1. The van der Waals surface area contributed by atoms with Crippen LogP contribution in [0.5, 0.6) is 0 Å². The van der Waals surface area contributed by atoms with Crippen LogP contribution in [0.25, 0.3) is 6.08 Å². The first kappa shape index (κ1) is 16.7. The molecule has 1 atom stereocenters. The number of carbonyl (C=O) groups is 1. The number of hydrogen-bond acceptors (Lipinski definition) is 3. The summed E-state index contributed by atoms with van der Waals surface area (Å²) in [4.78, 5) is 11.7. The van der Waals surface area contributed by atoms with Crippen LogP contribution >= 0.6 is 11.6 Å². The maximum Gasteiger partial charge on any atom is 0.244 e. The minimum atomic E-state index is -0.166. The zero-order valence-electron chi connectivity index (χ0n) is 12.2. The lowest BCUT2D eigenvalue weighted by Gasteiger charge is -2.13. The number of rotatable bonds is 7. The number of aliphatic hydroxyl groups is 1. The lowest BCUT2D eigenvalue weighted by molar-refractivity contribution is -0.116. The van der Waals surface area contributed by atoms with Gasteiger partial charge in [0.25, 0.3) is 0 Å². The predicted octanol–water partition coefficient (Wildman–Crippen LogP) is 1.92. The van der Waals surface area contributed by atoms with Gasteiger partial charge in [0.1, 0.15) is 5.15 Å². The first-order valence-electron chi connectivity index (χ1n) is 6.75. The van der Waals surface area contributed by atoms with Crippen molar-refractivity contribution in [1.82, 2.24) is 15.1 Å². The molecule has 0 aliphatic heterocycles. The van der Waals surface area contributed by atoms with Gasteiger partial charge in [-0.05, 0) is 25.3 Å². The van der Waals surface area contributed by atoms with Crippen molar-refractivity contribution >= 4 is 23.6 Å². The molecule has 0 fully saturated rings. The van der Waals surface area contributed by atoms with Crippen LogP contribution in [0, 0.1) is 12.8 Å². The SMILES string of the molecule is CCC(CCO)CNC(=O)/C=C/c1c(C)nn(C)c1Cl. The highest BCUT2D eigenvalue weighted by molar-refractivity contribution is 6.31. The van der Waals surface area contributed by atoms with Crippen LogP contribution in [0.2, 0.25) is 5.15 Å². The van der Waals surface area contributed by atoms with E-state index in [-0.39, 0.29) is 12.5 Å². The second-order valence-electron chi connectivity index (χ2n) is 4.78.